The molecular formula is C9H11NO4. The van der Waals surface area contributed by atoms with Gasteiger partial charge in [-0.15, -0.1) is 0 Å². The van der Waals surface area contributed by atoms with Crippen LogP contribution in [0.25, 0.3) is 0 Å². The molecule has 2 saturated heterocycles. The molecule has 5 nitrogen and oxygen atoms in total. The fourth-order valence-corrected chi connectivity index (χ4v) is 2.25. The normalized spacial score (nSPS) is 33.1. The number of carbonyl (C=O) groups is 3. The lowest BCUT2D eigenvalue weighted by atomic mass is 10.0. The van der Waals surface area contributed by atoms with E-state index in [4.69, 9.17) is 5.11 Å². The predicted molar refractivity (Wildman–Crippen MR) is 45.8 cm³/mol. The maximum atomic E-state index is 11.4. The van der Waals surface area contributed by atoms with E-state index in [1.165, 1.54) is 4.90 Å². The van der Waals surface area contributed by atoms with Crippen molar-refractivity contribution >= 4 is 17.5 Å². The minimum atomic E-state index is -1.22. The standard InChI is InChI=1S/C9H11NO4/c11-7-5-3-1-2-4-10(5)6(8(7)12)9(13)14/h5-6H,1-4H2,(H,13,14). The molecule has 5 heteroatoms. The van der Waals surface area contributed by atoms with Crippen molar-refractivity contribution in [2.75, 3.05) is 6.54 Å². The molecule has 0 amide bonds. The number of hydrogen-bond donors (Lipinski definition) is 1. The summed E-state index contributed by atoms with van der Waals surface area (Å²) in [4.78, 5) is 35.1. The van der Waals surface area contributed by atoms with E-state index in [9.17, 15) is 14.4 Å². The van der Waals surface area contributed by atoms with Crippen LogP contribution in [-0.2, 0) is 14.4 Å². The molecule has 0 spiro atoms. The van der Waals surface area contributed by atoms with E-state index in [-0.39, 0.29) is 0 Å². The average molecular weight is 197 g/mol. The molecule has 2 aliphatic rings. The van der Waals surface area contributed by atoms with Crippen LogP contribution >= 0.6 is 0 Å². The summed E-state index contributed by atoms with van der Waals surface area (Å²) in [5.41, 5.74) is 0. The van der Waals surface area contributed by atoms with Crippen LogP contribution < -0.4 is 0 Å². The van der Waals surface area contributed by atoms with E-state index in [1.54, 1.807) is 0 Å². The largest absolute Gasteiger partial charge is 0.480 e. The highest BCUT2D eigenvalue weighted by Gasteiger charge is 2.51. The van der Waals surface area contributed by atoms with Crippen molar-refractivity contribution in [2.24, 2.45) is 0 Å². The lowest BCUT2D eigenvalue weighted by molar-refractivity contribution is -0.147. The second kappa shape index (κ2) is 3.16. The third-order valence-electron chi connectivity index (χ3n) is 2.90. The fourth-order valence-electron chi connectivity index (χ4n) is 2.25. The maximum Gasteiger partial charge on any atom is 0.329 e. The topological polar surface area (TPSA) is 74.7 Å². The van der Waals surface area contributed by atoms with Gasteiger partial charge in [-0.2, -0.15) is 0 Å². The number of ketones is 2. The highest BCUT2D eigenvalue weighted by Crippen LogP contribution is 2.27. The van der Waals surface area contributed by atoms with Crippen LogP contribution in [0.2, 0.25) is 0 Å². The summed E-state index contributed by atoms with van der Waals surface area (Å²) in [5.74, 6) is -2.46. The number of carboxylic acid groups (broad SMARTS) is 1. The van der Waals surface area contributed by atoms with Crippen LogP contribution in [0.15, 0.2) is 0 Å². The van der Waals surface area contributed by atoms with Crippen LogP contribution in [0.4, 0.5) is 0 Å². The van der Waals surface area contributed by atoms with E-state index >= 15 is 0 Å². The zero-order valence-electron chi connectivity index (χ0n) is 7.60. The Morgan fingerprint density at radius 3 is 2.64 bits per heavy atom. The van der Waals surface area contributed by atoms with E-state index in [1.807, 2.05) is 0 Å². The monoisotopic (exact) mass is 197 g/mol. The van der Waals surface area contributed by atoms with Gasteiger partial charge in [0.15, 0.2) is 6.04 Å². The molecule has 2 unspecified atom stereocenters. The van der Waals surface area contributed by atoms with E-state index in [0.29, 0.717) is 13.0 Å². The van der Waals surface area contributed by atoms with Crippen LogP contribution in [-0.4, -0.2) is 46.2 Å². The first kappa shape index (κ1) is 9.33. The van der Waals surface area contributed by atoms with Gasteiger partial charge in [0.25, 0.3) is 0 Å². The number of nitrogens with zero attached hydrogens (tertiary/aromatic N) is 1. The SMILES string of the molecule is O=C1C(=O)C(C(=O)O)N2CCCCC12. The molecule has 14 heavy (non-hydrogen) atoms. The number of carboxylic acids is 1. The molecule has 2 atom stereocenters. The van der Waals surface area contributed by atoms with Gasteiger partial charge in [0, 0.05) is 6.54 Å². The third kappa shape index (κ3) is 1.16. The first-order chi connectivity index (χ1) is 6.63. The molecular weight excluding hydrogens is 186 g/mol. The number of carbonyl (C=O) groups excluding carboxylic acids is 2. The van der Waals surface area contributed by atoms with Crippen LogP contribution in [0, 0.1) is 0 Å². The first-order valence-corrected chi connectivity index (χ1v) is 4.69. The Bertz CT molecular complexity index is 312. The summed E-state index contributed by atoms with van der Waals surface area (Å²) in [6.07, 6.45) is 2.38. The number of Topliss-reactive ketones (excluding diaryl/α,β-unsaturated/α-hetero) is 2. The van der Waals surface area contributed by atoms with Gasteiger partial charge in [0.05, 0.1) is 6.04 Å². The lowest BCUT2D eigenvalue weighted by Gasteiger charge is -2.29. The Morgan fingerprint density at radius 1 is 1.29 bits per heavy atom. The summed E-state index contributed by atoms with van der Waals surface area (Å²) in [6.45, 7) is 0.541. The number of piperidine rings is 1. The summed E-state index contributed by atoms with van der Waals surface area (Å²) in [6, 6.07) is -1.68. The molecule has 0 saturated carbocycles. The predicted octanol–water partition coefficient (Wildman–Crippen LogP) is -0.554. The van der Waals surface area contributed by atoms with Crippen molar-refractivity contribution in [1.82, 2.24) is 4.90 Å². The third-order valence-corrected chi connectivity index (χ3v) is 2.90. The average Bonchev–Trinajstić information content (AvgIpc) is 2.41. The van der Waals surface area contributed by atoms with E-state index in [0.717, 1.165) is 12.8 Å². The molecule has 0 aromatic rings. The van der Waals surface area contributed by atoms with Crippen molar-refractivity contribution in [2.45, 2.75) is 31.3 Å². The van der Waals surface area contributed by atoms with Crippen LogP contribution in [0.3, 0.4) is 0 Å². The van der Waals surface area contributed by atoms with Gasteiger partial charge >= 0.3 is 5.97 Å². The van der Waals surface area contributed by atoms with Crippen LogP contribution in [0.5, 0.6) is 0 Å². The van der Waals surface area contributed by atoms with Crippen LogP contribution in [0.1, 0.15) is 19.3 Å². The second-order valence-electron chi connectivity index (χ2n) is 3.72. The number of hydrogen-bond acceptors (Lipinski definition) is 4. The highest BCUT2D eigenvalue weighted by atomic mass is 16.4. The summed E-state index contributed by atoms with van der Waals surface area (Å²) < 4.78 is 0. The van der Waals surface area contributed by atoms with Crippen molar-refractivity contribution in [3.8, 4) is 0 Å². The molecule has 0 aromatic heterocycles. The minimum absolute atomic E-state index is 0.461. The van der Waals surface area contributed by atoms with Gasteiger partial charge in [-0.25, -0.2) is 0 Å². The van der Waals surface area contributed by atoms with Crippen molar-refractivity contribution in [3.63, 3.8) is 0 Å². The Hall–Kier alpha value is -1.23. The Kier molecular flexibility index (Phi) is 2.11. The summed E-state index contributed by atoms with van der Waals surface area (Å²) >= 11 is 0. The summed E-state index contributed by atoms with van der Waals surface area (Å²) in [5, 5.41) is 8.83. The van der Waals surface area contributed by atoms with Gasteiger partial charge in [-0.3, -0.25) is 19.3 Å². The van der Waals surface area contributed by atoms with Gasteiger partial charge in [0.1, 0.15) is 0 Å². The Labute approximate surface area is 80.7 Å². The van der Waals surface area contributed by atoms with Gasteiger partial charge < -0.3 is 5.11 Å². The molecule has 2 rings (SSSR count). The first-order valence-electron chi connectivity index (χ1n) is 4.69. The molecule has 76 valence electrons. The smallest absolute Gasteiger partial charge is 0.329 e. The van der Waals surface area contributed by atoms with Gasteiger partial charge in [-0.05, 0) is 12.8 Å². The highest BCUT2D eigenvalue weighted by molar-refractivity contribution is 6.46. The zero-order chi connectivity index (χ0) is 10.3. The summed E-state index contributed by atoms with van der Waals surface area (Å²) in [7, 11) is 0. The molecule has 2 heterocycles. The van der Waals surface area contributed by atoms with E-state index < -0.39 is 29.6 Å². The fraction of sp³-hybridized carbons (Fsp3) is 0.667. The molecule has 1 N–H and O–H groups in total. The molecule has 2 fully saturated rings. The van der Waals surface area contributed by atoms with Crippen molar-refractivity contribution in [1.29, 1.82) is 0 Å². The molecule has 2 aliphatic heterocycles. The quantitative estimate of drug-likeness (QED) is 0.450. The second-order valence-corrected chi connectivity index (χ2v) is 3.72. The zero-order valence-corrected chi connectivity index (χ0v) is 7.60. The molecule has 0 bridgehead atoms. The Morgan fingerprint density at radius 2 is 2.00 bits per heavy atom. The maximum absolute atomic E-state index is 11.4. The minimum Gasteiger partial charge on any atom is -0.480 e. The Balaban J connectivity index is 2.30. The lowest BCUT2D eigenvalue weighted by Crippen LogP contribution is -2.45. The molecule has 0 aromatic carbocycles. The molecule has 0 aliphatic carbocycles. The van der Waals surface area contributed by atoms with E-state index in [2.05, 4.69) is 0 Å². The molecule has 0 radical (unpaired) electrons. The number of aliphatic carboxylic acids is 1. The number of fused-ring (bicyclic) bond motifs is 1. The van der Waals surface area contributed by atoms with Gasteiger partial charge in [-0.1, -0.05) is 6.42 Å². The number of rotatable bonds is 1. The van der Waals surface area contributed by atoms with Crippen molar-refractivity contribution < 1.29 is 19.5 Å². The van der Waals surface area contributed by atoms with Gasteiger partial charge in [0.2, 0.25) is 11.6 Å². The van der Waals surface area contributed by atoms with Crippen molar-refractivity contribution in [3.05, 3.63) is 0 Å².